The Labute approximate surface area is 167 Å². The molecule has 0 atom stereocenters. The van der Waals surface area contributed by atoms with Crippen molar-refractivity contribution in [2.45, 2.75) is 45.3 Å². The summed E-state index contributed by atoms with van der Waals surface area (Å²) in [6.07, 6.45) is 5.08. The lowest BCUT2D eigenvalue weighted by atomic mass is 10.2. The highest BCUT2D eigenvalue weighted by atomic mass is 32.2. The zero-order valence-electron chi connectivity index (χ0n) is 16.3. The lowest BCUT2D eigenvalue weighted by Crippen LogP contribution is -2.48. The average Bonchev–Trinajstić information content (AvgIpc) is 2.96. The molecule has 6 nitrogen and oxygen atoms in total. The minimum atomic E-state index is -3.44. The molecule has 2 heterocycles. The number of nitrogens with zero attached hydrogens (tertiary/aromatic N) is 4. The van der Waals surface area contributed by atoms with Crippen molar-refractivity contribution in [1.82, 2.24) is 18.3 Å². The number of aromatic nitrogens is 2. The topological polar surface area (TPSA) is 50.5 Å². The smallest absolute Gasteiger partial charge is 0.243 e. The van der Waals surface area contributed by atoms with Crippen LogP contribution in [0.3, 0.4) is 0 Å². The minimum Gasteiger partial charge on any atom is -0.324 e. The van der Waals surface area contributed by atoms with Crippen LogP contribution in [0, 0.1) is 18.6 Å². The fourth-order valence-electron chi connectivity index (χ4n) is 3.53. The molecule has 1 aliphatic rings. The zero-order valence-corrected chi connectivity index (χ0v) is 17.9. The maximum Gasteiger partial charge on any atom is 0.243 e. The first-order valence-electron chi connectivity index (χ1n) is 9.38. The zero-order chi connectivity index (χ0) is 19.6. The van der Waals surface area contributed by atoms with Gasteiger partial charge in [-0.1, -0.05) is 24.6 Å². The Morgan fingerprint density at radius 2 is 1.70 bits per heavy atom. The number of benzene rings is 1. The largest absolute Gasteiger partial charge is 0.324 e. The van der Waals surface area contributed by atoms with E-state index in [-0.39, 0.29) is 0 Å². The van der Waals surface area contributed by atoms with Crippen LogP contribution in [0.1, 0.15) is 24.5 Å². The molecule has 0 aliphatic carbocycles. The standard InChI is InChI=1S/C19H28N4O2S2/c1-4-7-21-10-11-22(19(21)26)15-20-8-12-23(13-9-20)27(24,25)18-6-5-16(2)14-17(18)3/h5-6,10-11,14H,4,7-9,12-13,15H2,1-3H3. The monoisotopic (exact) mass is 408 g/mol. The number of hydrogen-bond acceptors (Lipinski definition) is 4. The molecule has 2 aromatic rings. The van der Waals surface area contributed by atoms with Crippen LogP contribution in [0.5, 0.6) is 0 Å². The summed E-state index contributed by atoms with van der Waals surface area (Å²) in [6.45, 7) is 9.99. The third-order valence-corrected chi connectivity index (χ3v) is 7.54. The Balaban J connectivity index is 1.65. The number of piperazine rings is 1. The van der Waals surface area contributed by atoms with Crippen LogP contribution in [0.15, 0.2) is 35.5 Å². The minimum absolute atomic E-state index is 0.417. The van der Waals surface area contributed by atoms with Gasteiger partial charge in [0, 0.05) is 45.1 Å². The summed E-state index contributed by atoms with van der Waals surface area (Å²) in [6, 6.07) is 5.51. The highest BCUT2D eigenvalue weighted by Gasteiger charge is 2.29. The predicted octanol–water partition coefficient (Wildman–Crippen LogP) is 3.01. The van der Waals surface area contributed by atoms with Crippen LogP contribution >= 0.6 is 12.2 Å². The van der Waals surface area contributed by atoms with Gasteiger partial charge in [-0.15, -0.1) is 0 Å². The van der Waals surface area contributed by atoms with Gasteiger partial charge in [-0.05, 0) is 44.1 Å². The molecule has 1 fully saturated rings. The third-order valence-electron chi connectivity index (χ3n) is 5.01. The van der Waals surface area contributed by atoms with E-state index < -0.39 is 10.0 Å². The van der Waals surface area contributed by atoms with Gasteiger partial charge in [0.1, 0.15) is 0 Å². The molecule has 0 N–H and O–H groups in total. The lowest BCUT2D eigenvalue weighted by molar-refractivity contribution is 0.151. The van der Waals surface area contributed by atoms with E-state index in [1.807, 2.05) is 38.4 Å². The van der Waals surface area contributed by atoms with E-state index in [4.69, 9.17) is 12.2 Å². The number of imidazole rings is 1. The van der Waals surface area contributed by atoms with Crippen molar-refractivity contribution in [3.63, 3.8) is 0 Å². The first-order chi connectivity index (χ1) is 12.8. The van der Waals surface area contributed by atoms with Crippen molar-refractivity contribution in [2.75, 3.05) is 26.2 Å². The maximum absolute atomic E-state index is 13.0. The summed E-state index contributed by atoms with van der Waals surface area (Å²) in [7, 11) is -3.44. The quantitative estimate of drug-likeness (QED) is 0.690. The molecular weight excluding hydrogens is 380 g/mol. The van der Waals surface area contributed by atoms with Crippen molar-refractivity contribution in [3.8, 4) is 0 Å². The van der Waals surface area contributed by atoms with Gasteiger partial charge in [-0.25, -0.2) is 8.42 Å². The summed E-state index contributed by atoms with van der Waals surface area (Å²) >= 11 is 5.52. The fourth-order valence-corrected chi connectivity index (χ4v) is 5.43. The predicted molar refractivity (Wildman–Crippen MR) is 110 cm³/mol. The molecule has 3 rings (SSSR count). The van der Waals surface area contributed by atoms with Gasteiger partial charge in [0.25, 0.3) is 0 Å². The van der Waals surface area contributed by atoms with Crippen molar-refractivity contribution in [2.24, 2.45) is 0 Å². The number of hydrogen-bond donors (Lipinski definition) is 0. The average molecular weight is 409 g/mol. The van der Waals surface area contributed by atoms with Crippen LogP contribution in [0.25, 0.3) is 0 Å². The van der Waals surface area contributed by atoms with Crippen molar-refractivity contribution >= 4 is 22.2 Å². The van der Waals surface area contributed by atoms with Gasteiger partial charge in [0.05, 0.1) is 11.6 Å². The van der Waals surface area contributed by atoms with Gasteiger partial charge >= 0.3 is 0 Å². The normalized spacial score (nSPS) is 16.7. The summed E-state index contributed by atoms with van der Waals surface area (Å²) < 4.78 is 32.5. The van der Waals surface area contributed by atoms with Crippen molar-refractivity contribution in [1.29, 1.82) is 0 Å². The molecule has 148 valence electrons. The Kier molecular flexibility index (Phi) is 6.20. The molecule has 1 saturated heterocycles. The SMILES string of the molecule is CCCn1ccn(CN2CCN(S(=O)(=O)c3ccc(C)cc3C)CC2)c1=S. The second-order valence-electron chi connectivity index (χ2n) is 7.18. The van der Waals surface area contributed by atoms with Crippen LogP contribution in [-0.4, -0.2) is 52.9 Å². The van der Waals surface area contributed by atoms with Gasteiger partial charge in [0.15, 0.2) is 4.77 Å². The molecule has 0 spiro atoms. The summed E-state index contributed by atoms with van der Waals surface area (Å²) in [4.78, 5) is 2.67. The summed E-state index contributed by atoms with van der Waals surface area (Å²) in [5.74, 6) is 0. The molecule has 0 bridgehead atoms. The van der Waals surface area contributed by atoms with Gasteiger partial charge in [0.2, 0.25) is 10.0 Å². The third kappa shape index (κ3) is 4.34. The van der Waals surface area contributed by atoms with Gasteiger partial charge < -0.3 is 9.13 Å². The van der Waals surface area contributed by atoms with Crippen LogP contribution in [0.2, 0.25) is 0 Å². The number of rotatable bonds is 6. The molecule has 8 heteroatoms. The van der Waals surface area contributed by atoms with E-state index in [2.05, 4.69) is 21.0 Å². The molecule has 0 radical (unpaired) electrons. The molecule has 27 heavy (non-hydrogen) atoms. The van der Waals surface area contributed by atoms with E-state index in [1.165, 1.54) is 0 Å². The van der Waals surface area contributed by atoms with Crippen LogP contribution < -0.4 is 0 Å². The molecule has 1 aromatic carbocycles. The number of aryl methyl sites for hydroxylation is 3. The fraction of sp³-hybridized carbons (Fsp3) is 0.526. The van der Waals surface area contributed by atoms with Gasteiger partial charge in [-0.2, -0.15) is 4.31 Å². The van der Waals surface area contributed by atoms with E-state index in [9.17, 15) is 8.42 Å². The summed E-state index contributed by atoms with van der Waals surface area (Å²) in [5, 5.41) is 0. The molecule has 0 amide bonds. The Morgan fingerprint density at radius 1 is 1.04 bits per heavy atom. The maximum atomic E-state index is 13.0. The Morgan fingerprint density at radius 3 is 2.33 bits per heavy atom. The van der Waals surface area contributed by atoms with Crippen molar-refractivity contribution < 1.29 is 8.42 Å². The lowest BCUT2D eigenvalue weighted by Gasteiger charge is -2.34. The molecule has 0 saturated carbocycles. The molecule has 1 aromatic heterocycles. The van der Waals surface area contributed by atoms with E-state index >= 15 is 0 Å². The Hall–Kier alpha value is -1.48. The highest BCUT2D eigenvalue weighted by molar-refractivity contribution is 7.89. The molecular formula is C19H28N4O2S2. The van der Waals surface area contributed by atoms with Crippen LogP contribution in [-0.2, 0) is 23.2 Å². The second-order valence-corrected chi connectivity index (χ2v) is 9.45. The van der Waals surface area contributed by atoms with E-state index in [0.29, 0.717) is 37.7 Å². The second kappa shape index (κ2) is 8.26. The Bertz CT molecular complexity index is 954. The molecule has 0 unspecified atom stereocenters. The number of sulfonamides is 1. The first kappa shape index (κ1) is 20.3. The van der Waals surface area contributed by atoms with E-state index in [0.717, 1.165) is 28.9 Å². The molecule has 1 aliphatic heterocycles. The highest BCUT2D eigenvalue weighted by Crippen LogP contribution is 2.22. The van der Waals surface area contributed by atoms with Crippen LogP contribution in [0.4, 0.5) is 0 Å². The van der Waals surface area contributed by atoms with Gasteiger partial charge in [-0.3, -0.25) is 4.90 Å². The van der Waals surface area contributed by atoms with Crippen molar-refractivity contribution in [3.05, 3.63) is 46.5 Å². The first-order valence-corrected chi connectivity index (χ1v) is 11.2. The summed E-state index contributed by atoms with van der Waals surface area (Å²) in [5.41, 5.74) is 1.88. The van der Waals surface area contributed by atoms with E-state index in [1.54, 1.807) is 10.4 Å².